The Balaban J connectivity index is 2.53. The number of hydrogen-bond acceptors (Lipinski definition) is 0. The Hall–Kier alpha value is 2.56. The van der Waals surface area contributed by atoms with Gasteiger partial charge in [0.25, 0.3) is 0 Å². The molecule has 0 saturated heterocycles. The Bertz CT molecular complexity index is 37.0. The zero-order valence-electron chi connectivity index (χ0n) is 4.58. The summed E-state index contributed by atoms with van der Waals surface area (Å²) >= 11 is 7.11. The molecule has 0 atom stereocenters. The van der Waals surface area contributed by atoms with Crippen molar-refractivity contribution in [3.63, 3.8) is 0 Å². The van der Waals surface area contributed by atoms with Gasteiger partial charge in [-0.2, -0.15) is 0 Å². The second-order valence-electron chi connectivity index (χ2n) is 1.47. The van der Waals surface area contributed by atoms with E-state index in [0.717, 1.165) is 0 Å². The molecule has 0 nitrogen and oxygen atoms in total. The van der Waals surface area contributed by atoms with Crippen molar-refractivity contribution < 1.29 is 0 Å². The van der Waals surface area contributed by atoms with Crippen LogP contribution >= 0.6 is 25.4 Å². The summed E-state index contributed by atoms with van der Waals surface area (Å²) in [6, 6.07) is 0. The standard InChI is InChI=1S/C4H8.2BrH.2Sn/c1-3-4-2;;;;/h1-4H2;2*1H;;/q;;;2*+1/p-2. The topological polar surface area (TPSA) is 0 Å². The van der Waals surface area contributed by atoms with Crippen molar-refractivity contribution in [2.75, 3.05) is 0 Å². The van der Waals surface area contributed by atoms with Crippen LogP contribution in [0.15, 0.2) is 0 Å². The summed E-state index contributed by atoms with van der Waals surface area (Å²) in [6.45, 7) is 0. The molecule has 0 rings (SSSR count). The van der Waals surface area contributed by atoms with E-state index in [1.165, 1.54) is 21.7 Å². The van der Waals surface area contributed by atoms with E-state index in [9.17, 15) is 0 Å². The van der Waals surface area contributed by atoms with Gasteiger partial charge in [0.05, 0.1) is 0 Å². The molecule has 0 unspecified atom stereocenters. The van der Waals surface area contributed by atoms with Gasteiger partial charge in [-0.3, -0.25) is 0 Å². The molecule has 0 aromatic heterocycles. The van der Waals surface area contributed by atoms with Crippen molar-refractivity contribution in [2.45, 2.75) is 21.7 Å². The monoisotopic (exact) mass is 454 g/mol. The molecule has 0 N–H and O–H groups in total. The fourth-order valence-corrected chi connectivity index (χ4v) is 6.33. The average Bonchev–Trinajstić information content (AvgIpc) is 1.81. The summed E-state index contributed by atoms with van der Waals surface area (Å²) in [4.78, 5) is 0. The van der Waals surface area contributed by atoms with Crippen LogP contribution in [-0.2, 0) is 0 Å². The molecular weight excluding hydrogens is 445 g/mol. The van der Waals surface area contributed by atoms with Crippen LogP contribution in [0.1, 0.15) is 12.8 Å². The first-order chi connectivity index (χ1) is 3.91. The Morgan fingerprint density at radius 3 is 1.50 bits per heavy atom. The van der Waals surface area contributed by atoms with Crippen LogP contribution in [0.3, 0.4) is 0 Å². The van der Waals surface area contributed by atoms with Crippen LogP contribution in [0.2, 0.25) is 8.87 Å². The van der Waals surface area contributed by atoms with Gasteiger partial charge in [-0.25, -0.2) is 0 Å². The normalized spacial score (nSPS) is 9.75. The van der Waals surface area contributed by atoms with Crippen molar-refractivity contribution in [1.82, 2.24) is 0 Å². The van der Waals surface area contributed by atoms with Gasteiger partial charge in [0.1, 0.15) is 0 Å². The number of hydrogen-bond donors (Lipinski definition) is 0. The molecule has 0 aromatic carbocycles. The molecule has 8 heavy (non-hydrogen) atoms. The van der Waals surface area contributed by atoms with E-state index in [2.05, 4.69) is 25.4 Å². The number of unbranched alkanes of at least 4 members (excludes halogenated alkanes) is 1. The van der Waals surface area contributed by atoms with E-state index in [1.54, 1.807) is 0 Å². The number of halogens is 2. The van der Waals surface area contributed by atoms with E-state index >= 15 is 0 Å². The molecule has 4 heteroatoms. The molecule has 0 aliphatic carbocycles. The van der Waals surface area contributed by atoms with Crippen molar-refractivity contribution in [1.29, 1.82) is 0 Å². The summed E-state index contributed by atoms with van der Waals surface area (Å²) in [5.41, 5.74) is 0. The summed E-state index contributed by atoms with van der Waals surface area (Å²) < 4.78 is 3.05. The zero-order chi connectivity index (χ0) is 6.24. The molecule has 0 heterocycles. The number of rotatable bonds is 5. The summed E-state index contributed by atoms with van der Waals surface area (Å²) in [6.07, 6.45) is 2.98. The van der Waals surface area contributed by atoms with Gasteiger partial charge in [-0.15, -0.1) is 0 Å². The average molecular weight is 453 g/mol. The molecule has 0 aromatic rings. The van der Waals surface area contributed by atoms with E-state index in [-0.39, 0.29) is 37.8 Å². The van der Waals surface area contributed by atoms with Gasteiger partial charge in [0, 0.05) is 0 Å². The molecule has 0 aliphatic rings. The molecule has 0 fully saturated rings. The predicted octanol–water partition coefficient (Wildman–Crippen LogP) is 2.63. The SMILES string of the molecule is [Br][Sn][CH2]CC[CH2][Sn][Br]. The van der Waals surface area contributed by atoms with Crippen LogP contribution in [0.4, 0.5) is 0 Å². The molecule has 0 amide bonds. The molecular formula is C4H8Br2Sn2. The molecule has 0 aliphatic heterocycles. The Morgan fingerprint density at radius 1 is 0.875 bits per heavy atom. The Kier molecular flexibility index (Phi) is 12.6. The van der Waals surface area contributed by atoms with Gasteiger partial charge in [0.2, 0.25) is 0 Å². The third-order valence-corrected chi connectivity index (χ3v) is 9.21. The van der Waals surface area contributed by atoms with Crippen LogP contribution < -0.4 is 0 Å². The third kappa shape index (κ3) is 8.56. The second kappa shape index (κ2) is 9.56. The van der Waals surface area contributed by atoms with E-state index in [4.69, 9.17) is 0 Å². The predicted molar refractivity (Wildman–Crippen MR) is 48.2 cm³/mol. The van der Waals surface area contributed by atoms with Gasteiger partial charge >= 0.3 is 85.0 Å². The maximum absolute atomic E-state index is 3.57. The van der Waals surface area contributed by atoms with E-state index in [1.807, 2.05) is 0 Å². The van der Waals surface area contributed by atoms with Gasteiger partial charge in [-0.1, -0.05) is 0 Å². The van der Waals surface area contributed by atoms with Crippen molar-refractivity contribution in [3.8, 4) is 0 Å². The van der Waals surface area contributed by atoms with Gasteiger partial charge < -0.3 is 0 Å². The first-order valence-corrected chi connectivity index (χ1v) is 19.4. The van der Waals surface area contributed by atoms with E-state index < -0.39 is 0 Å². The fourth-order valence-electron chi connectivity index (χ4n) is 0.384. The van der Waals surface area contributed by atoms with Crippen LogP contribution in [0.25, 0.3) is 0 Å². The van der Waals surface area contributed by atoms with E-state index in [0.29, 0.717) is 0 Å². The first kappa shape index (κ1) is 10.6. The first-order valence-electron chi connectivity index (χ1n) is 2.59. The Morgan fingerprint density at radius 2 is 1.25 bits per heavy atom. The second-order valence-corrected chi connectivity index (χ2v) is 13.4. The summed E-state index contributed by atoms with van der Waals surface area (Å²) in [7, 11) is 0. The molecule has 46 valence electrons. The van der Waals surface area contributed by atoms with Gasteiger partial charge in [0.15, 0.2) is 0 Å². The third-order valence-electron chi connectivity index (χ3n) is 0.793. The maximum atomic E-state index is 3.57. The van der Waals surface area contributed by atoms with Crippen LogP contribution in [-0.4, -0.2) is 37.8 Å². The molecule has 0 bridgehead atoms. The molecule has 0 saturated carbocycles. The van der Waals surface area contributed by atoms with Gasteiger partial charge in [-0.05, 0) is 0 Å². The molecule has 0 spiro atoms. The van der Waals surface area contributed by atoms with Crippen LogP contribution in [0.5, 0.6) is 0 Å². The summed E-state index contributed by atoms with van der Waals surface area (Å²) in [5, 5.41) is 0. The van der Waals surface area contributed by atoms with Crippen molar-refractivity contribution in [3.05, 3.63) is 0 Å². The van der Waals surface area contributed by atoms with Crippen LogP contribution in [0, 0.1) is 0 Å². The van der Waals surface area contributed by atoms with Crippen molar-refractivity contribution in [2.24, 2.45) is 0 Å². The quantitative estimate of drug-likeness (QED) is 0.444. The molecule has 4 radical (unpaired) electrons. The Labute approximate surface area is 83.5 Å². The minimum atomic E-state index is -0.0171. The fraction of sp³-hybridized carbons (Fsp3) is 1.00. The van der Waals surface area contributed by atoms with Crippen molar-refractivity contribution >= 4 is 63.3 Å². The summed E-state index contributed by atoms with van der Waals surface area (Å²) in [5.74, 6) is 0. The zero-order valence-corrected chi connectivity index (χ0v) is 13.5. The minimum absolute atomic E-state index is 0.0171.